The van der Waals surface area contributed by atoms with Gasteiger partial charge in [0.2, 0.25) is 0 Å². The lowest BCUT2D eigenvalue weighted by Crippen LogP contribution is -2.35. The number of nitrogens with zero attached hydrogens (tertiary/aromatic N) is 3. The fourth-order valence-electron chi connectivity index (χ4n) is 2.45. The highest BCUT2D eigenvalue weighted by Crippen LogP contribution is 2.39. The van der Waals surface area contributed by atoms with E-state index >= 15 is 0 Å². The summed E-state index contributed by atoms with van der Waals surface area (Å²) in [6.07, 6.45) is 4.42. The predicted molar refractivity (Wildman–Crippen MR) is 71.0 cm³/mol. The van der Waals surface area contributed by atoms with E-state index in [0.29, 0.717) is 23.6 Å². The molecule has 98 valence electrons. The first-order valence-corrected chi connectivity index (χ1v) is 7.04. The van der Waals surface area contributed by atoms with Crippen LogP contribution in [0.2, 0.25) is 5.15 Å². The molecule has 2 heterocycles. The fraction of sp³-hybridized carbons (Fsp3) is 0.692. The molecule has 18 heavy (non-hydrogen) atoms. The zero-order valence-corrected chi connectivity index (χ0v) is 11.1. The Morgan fingerprint density at radius 3 is 2.56 bits per heavy atom. The van der Waals surface area contributed by atoms with Gasteiger partial charge >= 0.3 is 0 Å². The van der Waals surface area contributed by atoms with Crippen molar-refractivity contribution in [1.82, 2.24) is 9.97 Å². The van der Waals surface area contributed by atoms with Crippen molar-refractivity contribution in [2.75, 3.05) is 24.6 Å². The van der Waals surface area contributed by atoms with Crippen LogP contribution < -0.4 is 4.90 Å². The number of aliphatic hydroxyl groups excluding tert-OH is 1. The van der Waals surface area contributed by atoms with Crippen molar-refractivity contribution in [2.24, 2.45) is 5.92 Å². The Hall–Kier alpha value is -0.870. The summed E-state index contributed by atoms with van der Waals surface area (Å²) in [6, 6.07) is 1.85. The smallest absolute Gasteiger partial charge is 0.135 e. The molecule has 0 spiro atoms. The number of anilines is 1. The summed E-state index contributed by atoms with van der Waals surface area (Å²) in [5.41, 5.74) is 0. The van der Waals surface area contributed by atoms with Crippen molar-refractivity contribution in [3.05, 3.63) is 17.0 Å². The van der Waals surface area contributed by atoms with Gasteiger partial charge in [0.15, 0.2) is 0 Å². The van der Waals surface area contributed by atoms with Crippen LogP contribution in [0, 0.1) is 5.92 Å². The van der Waals surface area contributed by atoms with E-state index in [-0.39, 0.29) is 0 Å². The van der Waals surface area contributed by atoms with Crippen LogP contribution in [0.25, 0.3) is 0 Å². The molecule has 1 aliphatic carbocycles. The first-order chi connectivity index (χ1) is 8.76. The highest BCUT2D eigenvalue weighted by Gasteiger charge is 2.28. The van der Waals surface area contributed by atoms with Gasteiger partial charge in [0, 0.05) is 31.7 Å². The molecule has 1 aliphatic heterocycles. The minimum Gasteiger partial charge on any atom is -0.396 e. The van der Waals surface area contributed by atoms with Crippen LogP contribution in [0.5, 0.6) is 0 Å². The molecule has 0 unspecified atom stereocenters. The van der Waals surface area contributed by atoms with Crippen molar-refractivity contribution in [2.45, 2.75) is 31.6 Å². The normalized spacial score (nSPS) is 21.3. The van der Waals surface area contributed by atoms with Gasteiger partial charge in [-0.2, -0.15) is 0 Å². The third kappa shape index (κ3) is 2.59. The molecule has 1 aromatic heterocycles. The van der Waals surface area contributed by atoms with Gasteiger partial charge in [-0.15, -0.1) is 0 Å². The first kappa shape index (κ1) is 12.2. The topological polar surface area (TPSA) is 49.2 Å². The Morgan fingerprint density at radius 2 is 1.94 bits per heavy atom. The Kier molecular flexibility index (Phi) is 3.39. The number of hydrogen-bond donors (Lipinski definition) is 1. The molecule has 2 fully saturated rings. The van der Waals surface area contributed by atoms with Gasteiger partial charge in [-0.05, 0) is 31.6 Å². The number of aliphatic hydroxyl groups is 1. The van der Waals surface area contributed by atoms with E-state index in [1.807, 2.05) is 6.07 Å². The number of rotatable bonds is 3. The van der Waals surface area contributed by atoms with Gasteiger partial charge in [-0.1, -0.05) is 11.6 Å². The lowest BCUT2D eigenvalue weighted by Gasteiger charge is -2.32. The van der Waals surface area contributed by atoms with Crippen LogP contribution in [-0.4, -0.2) is 34.8 Å². The second-order valence-electron chi connectivity index (χ2n) is 5.29. The second-order valence-corrected chi connectivity index (χ2v) is 5.68. The van der Waals surface area contributed by atoms with E-state index in [1.54, 1.807) is 0 Å². The predicted octanol–water partition coefficient (Wildman–Crippen LogP) is 2.22. The minimum atomic E-state index is 0.297. The van der Waals surface area contributed by atoms with Crippen LogP contribution in [0.3, 0.4) is 0 Å². The molecule has 0 radical (unpaired) electrons. The van der Waals surface area contributed by atoms with Crippen LogP contribution in [0.1, 0.15) is 37.4 Å². The fourth-order valence-corrected chi connectivity index (χ4v) is 2.64. The third-order valence-corrected chi connectivity index (χ3v) is 4.03. The van der Waals surface area contributed by atoms with Crippen LogP contribution in [0.15, 0.2) is 6.07 Å². The maximum atomic E-state index is 9.15. The highest BCUT2D eigenvalue weighted by molar-refractivity contribution is 6.29. The maximum Gasteiger partial charge on any atom is 0.135 e. The molecule has 0 atom stereocenters. The summed E-state index contributed by atoms with van der Waals surface area (Å²) in [5.74, 6) is 2.83. The van der Waals surface area contributed by atoms with Crippen molar-refractivity contribution in [1.29, 1.82) is 0 Å². The molecule has 0 amide bonds. The van der Waals surface area contributed by atoms with Gasteiger partial charge in [-0.25, -0.2) is 9.97 Å². The van der Waals surface area contributed by atoms with E-state index < -0.39 is 0 Å². The maximum absolute atomic E-state index is 9.15. The van der Waals surface area contributed by atoms with Gasteiger partial charge in [0.25, 0.3) is 0 Å². The number of piperidine rings is 1. The average Bonchev–Trinajstić information content (AvgIpc) is 3.22. The second kappa shape index (κ2) is 5.02. The summed E-state index contributed by atoms with van der Waals surface area (Å²) >= 11 is 6.08. The first-order valence-electron chi connectivity index (χ1n) is 6.66. The van der Waals surface area contributed by atoms with E-state index in [0.717, 1.165) is 37.6 Å². The van der Waals surface area contributed by atoms with Crippen molar-refractivity contribution in [3.63, 3.8) is 0 Å². The quantitative estimate of drug-likeness (QED) is 0.853. The van der Waals surface area contributed by atoms with Crippen molar-refractivity contribution >= 4 is 17.4 Å². The average molecular weight is 268 g/mol. The zero-order chi connectivity index (χ0) is 12.5. The van der Waals surface area contributed by atoms with Gasteiger partial charge < -0.3 is 10.0 Å². The molecule has 3 rings (SSSR count). The van der Waals surface area contributed by atoms with E-state index in [1.165, 1.54) is 12.8 Å². The van der Waals surface area contributed by atoms with Crippen LogP contribution in [-0.2, 0) is 0 Å². The number of halogens is 1. The lowest BCUT2D eigenvalue weighted by molar-refractivity contribution is 0.202. The van der Waals surface area contributed by atoms with E-state index in [9.17, 15) is 0 Å². The third-order valence-electron chi connectivity index (χ3n) is 3.84. The zero-order valence-electron chi connectivity index (χ0n) is 10.3. The molecule has 1 N–H and O–H groups in total. The van der Waals surface area contributed by atoms with Gasteiger partial charge in [0.05, 0.1) is 0 Å². The van der Waals surface area contributed by atoms with Gasteiger partial charge in [0.1, 0.15) is 16.8 Å². The number of hydrogen-bond acceptors (Lipinski definition) is 4. The van der Waals surface area contributed by atoms with E-state index in [2.05, 4.69) is 14.9 Å². The molecule has 1 saturated carbocycles. The monoisotopic (exact) mass is 267 g/mol. The Bertz CT molecular complexity index is 428. The van der Waals surface area contributed by atoms with Crippen molar-refractivity contribution < 1.29 is 5.11 Å². The molecule has 0 bridgehead atoms. The molecule has 1 aromatic rings. The molecule has 0 aromatic carbocycles. The van der Waals surface area contributed by atoms with Crippen LogP contribution in [0.4, 0.5) is 5.82 Å². The molecule has 2 aliphatic rings. The molecule has 4 nitrogen and oxygen atoms in total. The summed E-state index contributed by atoms with van der Waals surface area (Å²) < 4.78 is 0. The highest BCUT2D eigenvalue weighted by atomic mass is 35.5. The Labute approximate surface area is 112 Å². The minimum absolute atomic E-state index is 0.297. The summed E-state index contributed by atoms with van der Waals surface area (Å²) in [5, 5.41) is 9.70. The Morgan fingerprint density at radius 1 is 1.22 bits per heavy atom. The molecule has 5 heteroatoms. The Balaban J connectivity index is 1.75. The van der Waals surface area contributed by atoms with Crippen molar-refractivity contribution in [3.8, 4) is 0 Å². The number of aromatic nitrogens is 2. The summed E-state index contributed by atoms with van der Waals surface area (Å²) in [7, 11) is 0. The lowest BCUT2D eigenvalue weighted by atomic mass is 9.98. The van der Waals surface area contributed by atoms with Crippen LogP contribution >= 0.6 is 11.6 Å². The molecular weight excluding hydrogens is 250 g/mol. The molecular formula is C13H18ClN3O. The standard InChI is InChI=1S/C13H18ClN3O/c14-11-7-12(16-13(15-11)10-1-2-10)17-5-3-9(8-18)4-6-17/h7,9-10,18H,1-6,8H2. The summed E-state index contributed by atoms with van der Waals surface area (Å²) in [6.45, 7) is 2.19. The summed E-state index contributed by atoms with van der Waals surface area (Å²) in [4.78, 5) is 11.2. The molecule has 1 saturated heterocycles. The van der Waals surface area contributed by atoms with Gasteiger partial charge in [-0.3, -0.25) is 0 Å². The largest absolute Gasteiger partial charge is 0.396 e. The SMILES string of the molecule is OCC1CCN(c2cc(Cl)nc(C3CC3)n2)CC1. The van der Waals surface area contributed by atoms with E-state index in [4.69, 9.17) is 16.7 Å².